The third kappa shape index (κ3) is 5.19. The van der Waals surface area contributed by atoms with Crippen molar-refractivity contribution in [2.24, 2.45) is 4.99 Å². The molecule has 4 rings (SSSR count). The van der Waals surface area contributed by atoms with E-state index in [1.807, 2.05) is 49.5 Å². The van der Waals surface area contributed by atoms with Crippen molar-refractivity contribution in [3.8, 4) is 11.5 Å². The average molecular weight is 455 g/mol. The molecule has 0 spiro atoms. The molecule has 1 amide bonds. The number of carbonyl (C=O) groups excluding carboxylic acids is 1. The summed E-state index contributed by atoms with van der Waals surface area (Å²) < 4.78 is 11.6. The zero-order valence-corrected chi connectivity index (χ0v) is 19.7. The van der Waals surface area contributed by atoms with E-state index in [9.17, 15) is 4.79 Å². The normalized spacial score (nSPS) is 19.1. The predicted molar refractivity (Wildman–Crippen MR) is 130 cm³/mol. The number of hydrogen-bond acceptors (Lipinski definition) is 7. The van der Waals surface area contributed by atoms with E-state index >= 15 is 0 Å². The number of aliphatic imine (C=N–C) groups is 1. The van der Waals surface area contributed by atoms with Crippen molar-refractivity contribution in [1.29, 1.82) is 0 Å². The van der Waals surface area contributed by atoms with E-state index < -0.39 is 0 Å². The van der Waals surface area contributed by atoms with Crippen LogP contribution in [-0.2, 0) is 17.8 Å². The summed E-state index contributed by atoms with van der Waals surface area (Å²) in [5, 5.41) is 3.85. The van der Waals surface area contributed by atoms with Crippen LogP contribution in [0.25, 0.3) is 0 Å². The molecule has 8 heteroatoms. The number of anilines is 1. The predicted octanol–water partition coefficient (Wildman–Crippen LogP) is 3.10. The molecule has 1 atom stereocenters. The highest BCUT2D eigenvalue weighted by atomic mass is 32.2. The molecular weight excluding hydrogens is 424 g/mol. The van der Waals surface area contributed by atoms with Crippen LogP contribution in [0.4, 0.5) is 5.69 Å². The Bertz CT molecular complexity index is 989. The number of thioether (sulfide) groups is 1. The fraction of sp³-hybridized carbons (Fsp3) is 0.417. The van der Waals surface area contributed by atoms with Gasteiger partial charge >= 0.3 is 0 Å². The van der Waals surface area contributed by atoms with Gasteiger partial charge in [-0.1, -0.05) is 36.0 Å². The van der Waals surface area contributed by atoms with Crippen LogP contribution in [0.2, 0.25) is 0 Å². The minimum atomic E-state index is -0.191. The van der Waals surface area contributed by atoms with Gasteiger partial charge in [0.25, 0.3) is 5.91 Å². The first-order valence-electron chi connectivity index (χ1n) is 10.9. The maximum absolute atomic E-state index is 12.5. The Morgan fingerprint density at radius 2 is 1.91 bits per heavy atom. The molecule has 32 heavy (non-hydrogen) atoms. The molecule has 2 heterocycles. The summed E-state index contributed by atoms with van der Waals surface area (Å²) in [7, 11) is 5.65. The Balaban J connectivity index is 1.38. The van der Waals surface area contributed by atoms with Gasteiger partial charge in [0, 0.05) is 44.5 Å². The van der Waals surface area contributed by atoms with Crippen LogP contribution in [0, 0.1) is 0 Å². The van der Waals surface area contributed by atoms with E-state index in [1.54, 1.807) is 18.9 Å². The maximum atomic E-state index is 12.5. The molecule has 2 aromatic carbocycles. The Labute approximate surface area is 193 Å². The first kappa shape index (κ1) is 22.5. The second-order valence-corrected chi connectivity index (χ2v) is 9.18. The topological polar surface area (TPSA) is 66.4 Å². The molecule has 0 saturated carbocycles. The number of methoxy groups -OCH3 is 1. The van der Waals surface area contributed by atoms with Gasteiger partial charge in [-0.15, -0.1) is 0 Å². The SMILES string of the molecule is CNc1ccccc1COc1ccc(CC2SC(N3CCN(C)CC3)=NC2=O)cc1OC. The van der Waals surface area contributed by atoms with Crippen LogP contribution < -0.4 is 14.8 Å². The average Bonchev–Trinajstić information content (AvgIpc) is 3.18. The summed E-state index contributed by atoms with van der Waals surface area (Å²) >= 11 is 1.58. The Morgan fingerprint density at radius 3 is 2.66 bits per heavy atom. The third-order valence-electron chi connectivity index (χ3n) is 5.82. The standard InChI is InChI=1S/C24H30N4O3S/c1-25-19-7-5-4-6-18(19)16-31-20-9-8-17(14-21(20)30-3)15-22-23(29)26-24(32-22)28-12-10-27(2)11-13-28/h4-9,14,22,25H,10-13,15-16H2,1-3H3. The first-order chi connectivity index (χ1) is 15.6. The van der Waals surface area contributed by atoms with Crippen LogP contribution >= 0.6 is 11.8 Å². The van der Waals surface area contributed by atoms with Crippen LogP contribution in [0.3, 0.4) is 0 Å². The Morgan fingerprint density at radius 1 is 1.12 bits per heavy atom. The second kappa shape index (κ2) is 10.3. The molecule has 1 N–H and O–H groups in total. The van der Waals surface area contributed by atoms with Gasteiger partial charge in [-0.05, 0) is 37.2 Å². The van der Waals surface area contributed by atoms with Crippen LogP contribution in [0.1, 0.15) is 11.1 Å². The van der Waals surface area contributed by atoms with Crippen molar-refractivity contribution < 1.29 is 14.3 Å². The fourth-order valence-electron chi connectivity index (χ4n) is 3.86. The highest BCUT2D eigenvalue weighted by Crippen LogP contribution is 2.33. The number of nitrogens with zero attached hydrogens (tertiary/aromatic N) is 3. The van der Waals surface area contributed by atoms with Gasteiger partial charge in [-0.3, -0.25) is 4.79 Å². The van der Waals surface area contributed by atoms with Crippen LogP contribution in [0.15, 0.2) is 47.5 Å². The minimum Gasteiger partial charge on any atom is -0.493 e. The van der Waals surface area contributed by atoms with E-state index in [0.29, 0.717) is 24.5 Å². The highest BCUT2D eigenvalue weighted by molar-refractivity contribution is 8.15. The summed E-state index contributed by atoms with van der Waals surface area (Å²) in [6, 6.07) is 13.9. The van der Waals surface area contributed by atoms with Crippen molar-refractivity contribution in [3.05, 3.63) is 53.6 Å². The smallest absolute Gasteiger partial charge is 0.262 e. The number of amides is 1. The number of carbonyl (C=O) groups is 1. The Hall–Kier alpha value is -2.71. The summed E-state index contributed by atoms with van der Waals surface area (Å²) in [5.74, 6) is 1.30. The number of amidine groups is 1. The van der Waals surface area contributed by atoms with Gasteiger partial charge in [0.05, 0.1) is 12.4 Å². The van der Waals surface area contributed by atoms with E-state index in [0.717, 1.165) is 48.2 Å². The molecule has 2 aromatic rings. The molecule has 2 aliphatic heterocycles. The number of piperazine rings is 1. The summed E-state index contributed by atoms with van der Waals surface area (Å²) in [6.07, 6.45) is 0.615. The van der Waals surface area contributed by atoms with Gasteiger partial charge in [0.15, 0.2) is 16.7 Å². The maximum Gasteiger partial charge on any atom is 0.262 e. The lowest BCUT2D eigenvalue weighted by Gasteiger charge is -2.33. The van der Waals surface area contributed by atoms with Crippen LogP contribution in [0.5, 0.6) is 11.5 Å². The summed E-state index contributed by atoms with van der Waals surface area (Å²) in [6.45, 7) is 4.26. The molecule has 1 fully saturated rings. The first-order valence-corrected chi connectivity index (χ1v) is 11.7. The van der Waals surface area contributed by atoms with Crippen molar-refractivity contribution >= 4 is 28.5 Å². The van der Waals surface area contributed by atoms with E-state index in [1.165, 1.54) is 0 Å². The molecule has 2 aliphatic rings. The quantitative estimate of drug-likeness (QED) is 0.690. The number of para-hydroxylation sites is 1. The van der Waals surface area contributed by atoms with Crippen molar-refractivity contribution in [3.63, 3.8) is 0 Å². The number of rotatable bonds is 7. The molecule has 0 aliphatic carbocycles. The molecular formula is C24H30N4O3S. The summed E-state index contributed by atoms with van der Waals surface area (Å²) in [5.41, 5.74) is 3.14. The number of nitrogens with one attached hydrogen (secondary N) is 1. The molecule has 170 valence electrons. The van der Waals surface area contributed by atoms with Crippen molar-refractivity contribution in [2.45, 2.75) is 18.3 Å². The highest BCUT2D eigenvalue weighted by Gasteiger charge is 2.32. The van der Waals surface area contributed by atoms with E-state index in [2.05, 4.69) is 27.2 Å². The lowest BCUT2D eigenvalue weighted by molar-refractivity contribution is -0.117. The molecule has 0 bridgehead atoms. The molecule has 7 nitrogen and oxygen atoms in total. The molecule has 0 aromatic heterocycles. The molecule has 1 saturated heterocycles. The lowest BCUT2D eigenvalue weighted by Crippen LogP contribution is -2.46. The zero-order chi connectivity index (χ0) is 22.5. The monoisotopic (exact) mass is 454 g/mol. The van der Waals surface area contributed by atoms with Crippen LogP contribution in [-0.4, -0.2) is 73.5 Å². The number of likely N-dealkylation sites (N-methyl/N-ethyl adjacent to an activating group) is 1. The zero-order valence-electron chi connectivity index (χ0n) is 18.8. The van der Waals surface area contributed by atoms with Crippen molar-refractivity contribution in [1.82, 2.24) is 9.80 Å². The number of hydrogen-bond donors (Lipinski definition) is 1. The largest absolute Gasteiger partial charge is 0.493 e. The Kier molecular flexibility index (Phi) is 7.22. The van der Waals surface area contributed by atoms with Gasteiger partial charge in [0.2, 0.25) is 0 Å². The number of benzene rings is 2. The second-order valence-electron chi connectivity index (χ2n) is 8.01. The minimum absolute atomic E-state index is 0.0492. The lowest BCUT2D eigenvalue weighted by atomic mass is 10.1. The van der Waals surface area contributed by atoms with Gasteiger partial charge in [0.1, 0.15) is 6.61 Å². The van der Waals surface area contributed by atoms with E-state index in [4.69, 9.17) is 9.47 Å². The van der Waals surface area contributed by atoms with Crippen molar-refractivity contribution in [2.75, 3.05) is 52.7 Å². The number of ether oxygens (including phenoxy) is 2. The van der Waals surface area contributed by atoms with Gasteiger partial charge < -0.3 is 24.6 Å². The fourth-order valence-corrected chi connectivity index (χ4v) is 5.02. The summed E-state index contributed by atoms with van der Waals surface area (Å²) in [4.78, 5) is 21.4. The van der Waals surface area contributed by atoms with Gasteiger partial charge in [-0.25, -0.2) is 0 Å². The van der Waals surface area contributed by atoms with E-state index in [-0.39, 0.29) is 11.2 Å². The molecule has 1 unspecified atom stereocenters. The molecule has 0 radical (unpaired) electrons. The third-order valence-corrected chi connectivity index (χ3v) is 7.03. The van der Waals surface area contributed by atoms with Gasteiger partial charge in [-0.2, -0.15) is 4.99 Å².